The molecule has 0 saturated heterocycles. The average Bonchev–Trinajstić information content (AvgIpc) is 2.46. The number of hydrogen-bond acceptors (Lipinski definition) is 2. The predicted molar refractivity (Wildman–Crippen MR) is 89.5 cm³/mol. The second kappa shape index (κ2) is 11.0. The van der Waals surface area contributed by atoms with Gasteiger partial charge in [0.05, 0.1) is 5.75 Å². The molecule has 0 fully saturated rings. The molecule has 20 heavy (non-hydrogen) atoms. The second-order valence-corrected chi connectivity index (χ2v) is 6.56. The molecule has 0 aromatic heterocycles. The van der Waals surface area contributed by atoms with Crippen LogP contribution in [0, 0.1) is 6.92 Å². The van der Waals surface area contributed by atoms with Crippen LogP contribution in [-0.2, 0) is 4.79 Å². The van der Waals surface area contributed by atoms with Crippen LogP contribution in [0.2, 0.25) is 0 Å². The maximum Gasteiger partial charge on any atom is 0.143 e. The summed E-state index contributed by atoms with van der Waals surface area (Å²) in [5.74, 6) is 1.02. The molecule has 1 rings (SSSR count). The molecule has 1 nitrogen and oxygen atoms in total. The maximum absolute atomic E-state index is 11.8. The number of ketones is 1. The van der Waals surface area contributed by atoms with Crippen LogP contribution < -0.4 is 0 Å². The van der Waals surface area contributed by atoms with Gasteiger partial charge < -0.3 is 0 Å². The number of carbonyl (C=O) groups is 1. The van der Waals surface area contributed by atoms with E-state index in [-0.39, 0.29) is 0 Å². The normalized spacial score (nSPS) is 10.7. The van der Waals surface area contributed by atoms with E-state index in [2.05, 4.69) is 38.1 Å². The van der Waals surface area contributed by atoms with E-state index in [0.717, 1.165) is 12.8 Å². The fraction of sp³-hybridized carbons (Fsp3) is 0.611. The highest BCUT2D eigenvalue weighted by atomic mass is 32.2. The van der Waals surface area contributed by atoms with Crippen molar-refractivity contribution in [3.05, 3.63) is 29.8 Å². The van der Waals surface area contributed by atoms with E-state index in [1.54, 1.807) is 11.8 Å². The minimum absolute atomic E-state index is 0.393. The predicted octanol–water partition coefficient (Wildman–Crippen LogP) is 5.80. The summed E-state index contributed by atoms with van der Waals surface area (Å²) in [6.07, 6.45) is 9.67. The minimum atomic E-state index is 0.393. The molecule has 0 radical (unpaired) electrons. The largest absolute Gasteiger partial charge is 0.299 e. The maximum atomic E-state index is 11.8. The summed E-state index contributed by atoms with van der Waals surface area (Å²) in [5.41, 5.74) is 1.27. The first kappa shape index (κ1) is 17.3. The first-order valence-corrected chi connectivity index (χ1v) is 8.92. The van der Waals surface area contributed by atoms with Gasteiger partial charge in [-0.3, -0.25) is 4.79 Å². The highest BCUT2D eigenvalue weighted by molar-refractivity contribution is 8.00. The fourth-order valence-electron chi connectivity index (χ4n) is 2.15. The van der Waals surface area contributed by atoms with Crippen molar-refractivity contribution in [3.8, 4) is 0 Å². The van der Waals surface area contributed by atoms with Crippen LogP contribution in [0.1, 0.15) is 63.9 Å². The molecule has 0 unspecified atom stereocenters. The highest BCUT2D eigenvalue weighted by Gasteiger charge is 2.03. The minimum Gasteiger partial charge on any atom is -0.299 e. The lowest BCUT2D eigenvalue weighted by atomic mass is 10.1. The Morgan fingerprint density at radius 3 is 2.20 bits per heavy atom. The van der Waals surface area contributed by atoms with E-state index < -0.39 is 0 Å². The molecule has 112 valence electrons. The van der Waals surface area contributed by atoms with Gasteiger partial charge >= 0.3 is 0 Å². The Kier molecular flexibility index (Phi) is 9.48. The standard InChI is InChI=1S/C18H28OS/c1-3-4-5-6-7-8-9-10-17(19)15-20-18-13-11-16(2)12-14-18/h11-14H,3-10,15H2,1-2H3. The van der Waals surface area contributed by atoms with Crippen LogP contribution in [0.25, 0.3) is 0 Å². The number of carbonyl (C=O) groups excluding carboxylic acids is 1. The van der Waals surface area contributed by atoms with E-state index in [1.807, 2.05) is 0 Å². The fourth-order valence-corrected chi connectivity index (χ4v) is 2.95. The highest BCUT2D eigenvalue weighted by Crippen LogP contribution is 2.19. The number of hydrogen-bond donors (Lipinski definition) is 0. The smallest absolute Gasteiger partial charge is 0.143 e. The Morgan fingerprint density at radius 1 is 0.950 bits per heavy atom. The third-order valence-electron chi connectivity index (χ3n) is 3.48. The van der Waals surface area contributed by atoms with E-state index in [9.17, 15) is 4.79 Å². The Labute approximate surface area is 128 Å². The summed E-state index contributed by atoms with van der Waals surface area (Å²) in [5, 5.41) is 0. The van der Waals surface area contributed by atoms with Crippen molar-refractivity contribution >= 4 is 17.5 Å². The Morgan fingerprint density at radius 2 is 1.55 bits per heavy atom. The summed E-state index contributed by atoms with van der Waals surface area (Å²) in [4.78, 5) is 13.0. The van der Waals surface area contributed by atoms with Gasteiger partial charge in [0.2, 0.25) is 0 Å². The number of thioether (sulfide) groups is 1. The lowest BCUT2D eigenvalue weighted by molar-refractivity contribution is -0.116. The molecule has 0 spiro atoms. The topological polar surface area (TPSA) is 17.1 Å². The van der Waals surface area contributed by atoms with Crippen molar-refractivity contribution in [2.75, 3.05) is 5.75 Å². The molecule has 0 amide bonds. The molecule has 1 aromatic rings. The van der Waals surface area contributed by atoms with Crippen molar-refractivity contribution in [1.82, 2.24) is 0 Å². The van der Waals surface area contributed by atoms with Crippen LogP contribution in [0.5, 0.6) is 0 Å². The lowest BCUT2D eigenvalue weighted by Gasteiger charge is -2.03. The van der Waals surface area contributed by atoms with E-state index in [0.29, 0.717) is 11.5 Å². The zero-order chi connectivity index (χ0) is 14.6. The van der Waals surface area contributed by atoms with E-state index in [1.165, 1.54) is 49.0 Å². The molecular formula is C18H28OS. The van der Waals surface area contributed by atoms with Crippen LogP contribution in [-0.4, -0.2) is 11.5 Å². The van der Waals surface area contributed by atoms with E-state index >= 15 is 0 Å². The number of benzene rings is 1. The van der Waals surface area contributed by atoms with Gasteiger partial charge in [-0.15, -0.1) is 11.8 Å². The second-order valence-electron chi connectivity index (χ2n) is 5.51. The van der Waals surface area contributed by atoms with Crippen LogP contribution in [0.3, 0.4) is 0 Å². The van der Waals surface area contributed by atoms with Crippen LogP contribution >= 0.6 is 11.8 Å². The van der Waals surface area contributed by atoms with Gasteiger partial charge in [-0.2, -0.15) is 0 Å². The summed E-state index contributed by atoms with van der Waals surface area (Å²) in [6.45, 7) is 4.32. The first-order chi connectivity index (χ1) is 9.72. The van der Waals surface area contributed by atoms with E-state index in [4.69, 9.17) is 0 Å². The monoisotopic (exact) mass is 292 g/mol. The molecule has 0 aliphatic rings. The SMILES string of the molecule is CCCCCCCCCC(=O)CSc1ccc(C)cc1. The first-order valence-electron chi connectivity index (χ1n) is 7.93. The van der Waals surface area contributed by atoms with Gasteiger partial charge in [0, 0.05) is 11.3 Å². The van der Waals surface area contributed by atoms with Gasteiger partial charge in [0.1, 0.15) is 5.78 Å². The molecule has 0 saturated carbocycles. The van der Waals surface area contributed by atoms with Gasteiger partial charge in [-0.25, -0.2) is 0 Å². The summed E-state index contributed by atoms with van der Waals surface area (Å²) in [6, 6.07) is 8.40. The Bertz CT molecular complexity index is 370. The van der Waals surface area contributed by atoms with Crippen molar-refractivity contribution in [1.29, 1.82) is 0 Å². The van der Waals surface area contributed by atoms with Crippen molar-refractivity contribution < 1.29 is 4.79 Å². The van der Waals surface area contributed by atoms with Gasteiger partial charge in [0.15, 0.2) is 0 Å². The average molecular weight is 292 g/mol. The quantitative estimate of drug-likeness (QED) is 0.379. The third-order valence-corrected chi connectivity index (χ3v) is 4.55. The van der Waals surface area contributed by atoms with Crippen LogP contribution in [0.4, 0.5) is 0 Å². The summed E-state index contributed by atoms with van der Waals surface area (Å²) >= 11 is 1.66. The van der Waals surface area contributed by atoms with Crippen molar-refractivity contribution in [3.63, 3.8) is 0 Å². The van der Waals surface area contributed by atoms with Crippen LogP contribution in [0.15, 0.2) is 29.2 Å². The third kappa shape index (κ3) is 8.42. The van der Waals surface area contributed by atoms with Gasteiger partial charge in [0.25, 0.3) is 0 Å². The Balaban J connectivity index is 2.01. The van der Waals surface area contributed by atoms with Gasteiger partial charge in [-0.1, -0.05) is 63.1 Å². The number of unbranched alkanes of at least 4 members (excludes halogenated alkanes) is 6. The number of aryl methyl sites for hydroxylation is 1. The molecule has 0 heterocycles. The van der Waals surface area contributed by atoms with Crippen molar-refractivity contribution in [2.24, 2.45) is 0 Å². The molecule has 0 aliphatic carbocycles. The van der Waals surface area contributed by atoms with Crippen molar-refractivity contribution in [2.45, 2.75) is 70.1 Å². The number of Topliss-reactive ketones (excluding diaryl/α,β-unsaturated/α-hetero) is 1. The summed E-state index contributed by atoms with van der Waals surface area (Å²) < 4.78 is 0. The molecular weight excluding hydrogens is 264 g/mol. The molecule has 0 N–H and O–H groups in total. The summed E-state index contributed by atoms with van der Waals surface area (Å²) in [7, 11) is 0. The zero-order valence-corrected chi connectivity index (χ0v) is 13.8. The number of rotatable bonds is 11. The molecule has 0 atom stereocenters. The molecule has 0 aliphatic heterocycles. The lowest BCUT2D eigenvalue weighted by Crippen LogP contribution is -2.00. The molecule has 0 bridgehead atoms. The molecule has 1 aromatic carbocycles. The molecule has 2 heteroatoms. The Hall–Kier alpha value is -0.760. The van der Waals surface area contributed by atoms with Gasteiger partial charge in [-0.05, 0) is 25.5 Å². The zero-order valence-electron chi connectivity index (χ0n) is 13.0.